The van der Waals surface area contributed by atoms with Crippen LogP contribution in [0.2, 0.25) is 0 Å². The maximum Gasteiger partial charge on any atom is 0.183 e. The molecule has 1 aromatic rings. The molecule has 0 aromatic heterocycles. The molecule has 0 radical (unpaired) electrons. The van der Waals surface area contributed by atoms with E-state index in [0.29, 0.717) is 5.78 Å². The number of allylic oxidation sites excluding steroid dienone is 2. The fourth-order valence-electron chi connectivity index (χ4n) is 3.14. The molecule has 1 aromatic carbocycles. The number of hydrogen-bond acceptors (Lipinski definition) is 3. The molecule has 0 spiro atoms. The van der Waals surface area contributed by atoms with Crippen LogP contribution in [0.1, 0.15) is 18.4 Å². The average Bonchev–Trinajstić information content (AvgIpc) is 2.48. The SMILES string of the molecule is CN/C(Cc1ccccc1)=C1\C(=O)C2CCN1CC2. The van der Waals surface area contributed by atoms with Gasteiger partial charge in [0.25, 0.3) is 0 Å². The second-order valence-electron chi connectivity index (χ2n) is 5.37. The number of Topliss-reactive ketones (excluding diaryl/α,β-unsaturated/α-hetero) is 1. The van der Waals surface area contributed by atoms with Crippen molar-refractivity contribution < 1.29 is 4.79 Å². The maximum absolute atomic E-state index is 12.4. The number of nitrogens with one attached hydrogen (secondary N) is 1. The molecule has 3 fully saturated rings. The zero-order valence-corrected chi connectivity index (χ0v) is 11.4. The van der Waals surface area contributed by atoms with Crippen molar-refractivity contribution in [2.75, 3.05) is 20.1 Å². The van der Waals surface area contributed by atoms with Crippen LogP contribution in [0.25, 0.3) is 0 Å². The molecule has 3 aliphatic rings. The summed E-state index contributed by atoms with van der Waals surface area (Å²) in [6.07, 6.45) is 2.87. The molecule has 3 nitrogen and oxygen atoms in total. The number of carbonyl (C=O) groups excluding carboxylic acids is 1. The van der Waals surface area contributed by atoms with Gasteiger partial charge in [0.2, 0.25) is 0 Å². The van der Waals surface area contributed by atoms with Crippen molar-refractivity contribution in [3.63, 3.8) is 0 Å². The Bertz CT molecular complexity index is 499. The highest BCUT2D eigenvalue weighted by Crippen LogP contribution is 2.33. The van der Waals surface area contributed by atoms with Gasteiger partial charge in [0.1, 0.15) is 5.70 Å². The zero-order valence-electron chi connectivity index (χ0n) is 11.4. The Hall–Kier alpha value is -1.77. The molecule has 4 rings (SSSR count). The first-order valence-corrected chi connectivity index (χ1v) is 7.03. The molecule has 0 unspecified atom stereocenters. The summed E-state index contributed by atoms with van der Waals surface area (Å²) < 4.78 is 0. The Balaban J connectivity index is 1.92. The second kappa shape index (κ2) is 5.08. The molecule has 0 atom stereocenters. The third kappa shape index (κ3) is 2.25. The fourth-order valence-corrected chi connectivity index (χ4v) is 3.14. The van der Waals surface area contributed by atoms with E-state index in [1.165, 1.54) is 5.56 Å². The van der Waals surface area contributed by atoms with E-state index in [4.69, 9.17) is 0 Å². The quantitative estimate of drug-likeness (QED) is 0.839. The van der Waals surface area contributed by atoms with Gasteiger partial charge in [-0.2, -0.15) is 0 Å². The Labute approximate surface area is 114 Å². The van der Waals surface area contributed by atoms with Gasteiger partial charge in [-0.1, -0.05) is 30.3 Å². The van der Waals surface area contributed by atoms with Crippen LogP contribution >= 0.6 is 0 Å². The van der Waals surface area contributed by atoms with Crippen LogP contribution in [0.4, 0.5) is 0 Å². The van der Waals surface area contributed by atoms with Crippen LogP contribution < -0.4 is 5.32 Å². The van der Waals surface area contributed by atoms with Crippen LogP contribution in [0, 0.1) is 5.92 Å². The van der Waals surface area contributed by atoms with E-state index in [1.807, 2.05) is 25.2 Å². The Morgan fingerprint density at radius 3 is 2.53 bits per heavy atom. The molecule has 0 saturated carbocycles. The molecular weight excluding hydrogens is 236 g/mol. The van der Waals surface area contributed by atoms with Crippen LogP contribution in [0.3, 0.4) is 0 Å². The maximum atomic E-state index is 12.4. The number of rotatable bonds is 3. The van der Waals surface area contributed by atoms with Gasteiger partial charge in [0, 0.05) is 38.2 Å². The molecule has 0 amide bonds. The molecule has 19 heavy (non-hydrogen) atoms. The number of piperidine rings is 3. The van der Waals surface area contributed by atoms with Crippen LogP contribution in [0.15, 0.2) is 41.7 Å². The summed E-state index contributed by atoms with van der Waals surface area (Å²) in [7, 11) is 1.92. The predicted octanol–water partition coefficient (Wildman–Crippen LogP) is 1.95. The minimum absolute atomic E-state index is 0.263. The number of likely N-dealkylation sites (N-methyl/N-ethyl adjacent to an activating group) is 1. The third-order valence-electron chi connectivity index (χ3n) is 4.23. The predicted molar refractivity (Wildman–Crippen MR) is 75.5 cm³/mol. The number of hydrogen-bond donors (Lipinski definition) is 1. The largest absolute Gasteiger partial charge is 0.389 e. The molecule has 0 aliphatic carbocycles. The monoisotopic (exact) mass is 256 g/mol. The van der Waals surface area contributed by atoms with Crippen molar-refractivity contribution in [2.24, 2.45) is 5.92 Å². The van der Waals surface area contributed by atoms with E-state index in [2.05, 4.69) is 22.3 Å². The third-order valence-corrected chi connectivity index (χ3v) is 4.23. The second-order valence-corrected chi connectivity index (χ2v) is 5.37. The average molecular weight is 256 g/mol. The first-order chi connectivity index (χ1) is 9.29. The summed E-state index contributed by atoms with van der Waals surface area (Å²) >= 11 is 0. The van der Waals surface area contributed by atoms with Gasteiger partial charge >= 0.3 is 0 Å². The molecule has 3 heterocycles. The number of carbonyl (C=O) groups is 1. The van der Waals surface area contributed by atoms with Gasteiger partial charge < -0.3 is 10.2 Å². The Morgan fingerprint density at radius 2 is 1.95 bits per heavy atom. The number of benzene rings is 1. The molecule has 2 bridgehead atoms. The summed E-state index contributed by atoms with van der Waals surface area (Å²) in [5, 5.41) is 3.25. The summed E-state index contributed by atoms with van der Waals surface area (Å²) in [4.78, 5) is 14.7. The topological polar surface area (TPSA) is 32.3 Å². The molecule has 100 valence electrons. The molecule has 3 heteroatoms. The van der Waals surface area contributed by atoms with Crippen LogP contribution in [0.5, 0.6) is 0 Å². The normalized spacial score (nSPS) is 21.7. The van der Waals surface area contributed by atoms with Gasteiger partial charge in [-0.25, -0.2) is 0 Å². The Morgan fingerprint density at radius 1 is 1.26 bits per heavy atom. The molecule has 1 N–H and O–H groups in total. The number of nitrogens with zero attached hydrogens (tertiary/aromatic N) is 1. The standard InChI is InChI=1S/C16H20N2O/c1-17-14(11-12-5-3-2-4-6-12)15-16(19)13-7-9-18(15)10-8-13/h2-6,13,17H,7-11H2,1H3/b15-14+. The molecular formula is C16H20N2O. The van der Waals surface area contributed by atoms with Crippen molar-refractivity contribution >= 4 is 5.78 Å². The summed E-state index contributed by atoms with van der Waals surface area (Å²) in [6.45, 7) is 2.07. The smallest absolute Gasteiger partial charge is 0.183 e. The van der Waals surface area contributed by atoms with Crippen molar-refractivity contribution in [3.8, 4) is 0 Å². The summed E-state index contributed by atoms with van der Waals surface area (Å²) in [5.41, 5.74) is 3.25. The summed E-state index contributed by atoms with van der Waals surface area (Å²) in [5.74, 6) is 0.608. The van der Waals surface area contributed by atoms with Crippen LogP contribution in [-0.2, 0) is 11.2 Å². The van der Waals surface area contributed by atoms with E-state index in [0.717, 1.165) is 43.7 Å². The Kier molecular flexibility index (Phi) is 3.28. The van der Waals surface area contributed by atoms with Crippen molar-refractivity contribution in [2.45, 2.75) is 19.3 Å². The first-order valence-electron chi connectivity index (χ1n) is 7.03. The van der Waals surface area contributed by atoms with Gasteiger partial charge in [-0.05, 0) is 18.4 Å². The van der Waals surface area contributed by atoms with Gasteiger partial charge in [-0.3, -0.25) is 4.79 Å². The van der Waals surface area contributed by atoms with Crippen molar-refractivity contribution in [1.29, 1.82) is 0 Å². The lowest BCUT2D eigenvalue weighted by Crippen LogP contribution is -2.47. The lowest BCUT2D eigenvalue weighted by atomic mass is 9.83. The first kappa shape index (κ1) is 12.3. The van der Waals surface area contributed by atoms with E-state index in [-0.39, 0.29) is 5.92 Å². The number of ketones is 1. The molecule has 3 aliphatic heterocycles. The minimum Gasteiger partial charge on any atom is -0.389 e. The van der Waals surface area contributed by atoms with Gasteiger partial charge in [0.05, 0.1) is 0 Å². The van der Waals surface area contributed by atoms with Crippen LogP contribution in [-0.4, -0.2) is 30.8 Å². The van der Waals surface area contributed by atoms with Gasteiger partial charge in [0.15, 0.2) is 5.78 Å². The molecule has 3 saturated heterocycles. The highest BCUT2D eigenvalue weighted by Gasteiger charge is 2.38. The number of fused-ring (bicyclic) bond motifs is 3. The fraction of sp³-hybridized carbons (Fsp3) is 0.438. The zero-order chi connectivity index (χ0) is 13.2. The van der Waals surface area contributed by atoms with E-state index < -0.39 is 0 Å². The highest BCUT2D eigenvalue weighted by molar-refractivity contribution is 5.98. The van der Waals surface area contributed by atoms with Crippen molar-refractivity contribution in [1.82, 2.24) is 10.2 Å². The van der Waals surface area contributed by atoms with E-state index >= 15 is 0 Å². The van der Waals surface area contributed by atoms with E-state index in [1.54, 1.807) is 0 Å². The summed E-state index contributed by atoms with van der Waals surface area (Å²) in [6, 6.07) is 10.3. The highest BCUT2D eigenvalue weighted by atomic mass is 16.1. The van der Waals surface area contributed by atoms with Gasteiger partial charge in [-0.15, -0.1) is 0 Å². The lowest BCUT2D eigenvalue weighted by molar-refractivity contribution is -0.125. The van der Waals surface area contributed by atoms with E-state index in [9.17, 15) is 4.79 Å². The lowest BCUT2D eigenvalue weighted by Gasteiger charge is -2.42. The van der Waals surface area contributed by atoms with Crippen molar-refractivity contribution in [3.05, 3.63) is 47.3 Å². The minimum atomic E-state index is 0.263.